The van der Waals surface area contributed by atoms with Crippen LogP contribution in [0.4, 0.5) is 11.5 Å². The fraction of sp³-hybridized carbons (Fsp3) is 0.200. The Labute approximate surface area is 136 Å². The minimum absolute atomic E-state index is 0.00680. The average molecular weight is 329 g/mol. The molecular weight excluding hydrogens is 314 g/mol. The molecule has 0 amide bonds. The molecule has 118 valence electrons. The molecule has 0 radical (unpaired) electrons. The molecule has 0 saturated heterocycles. The second-order valence-electron chi connectivity index (χ2n) is 5.01. The molecule has 0 spiro atoms. The van der Waals surface area contributed by atoms with Crippen molar-refractivity contribution < 1.29 is 4.92 Å². The molecule has 0 atom stereocenters. The molecule has 2 heterocycles. The topological polar surface area (TPSA) is 85.9 Å². The van der Waals surface area contributed by atoms with Crippen molar-refractivity contribution in [3.05, 3.63) is 56.5 Å². The van der Waals surface area contributed by atoms with E-state index in [4.69, 9.17) is 0 Å². The molecule has 2 aromatic heterocycles. The monoisotopic (exact) mass is 329 g/mol. The third kappa shape index (κ3) is 3.07. The predicted octanol–water partition coefficient (Wildman–Crippen LogP) is 3.37. The van der Waals surface area contributed by atoms with Crippen LogP contribution in [0.1, 0.15) is 10.7 Å². The van der Waals surface area contributed by atoms with Crippen LogP contribution in [0.3, 0.4) is 0 Å². The standard InChI is InChI=1S/C15H15N5O2S/c1-10-14(20(21)22)15(19(2)18-10)16-8-13-17-12(9-23-13)11-6-4-3-5-7-11/h3-7,9,16H,8H2,1-2H3. The second-order valence-corrected chi connectivity index (χ2v) is 5.95. The highest BCUT2D eigenvalue weighted by Crippen LogP contribution is 2.28. The molecule has 3 rings (SSSR count). The van der Waals surface area contributed by atoms with Gasteiger partial charge in [-0.3, -0.25) is 10.1 Å². The lowest BCUT2D eigenvalue weighted by Crippen LogP contribution is -2.06. The Kier molecular flexibility index (Phi) is 4.07. The van der Waals surface area contributed by atoms with Gasteiger partial charge >= 0.3 is 5.69 Å². The summed E-state index contributed by atoms with van der Waals surface area (Å²) in [5, 5.41) is 21.2. The van der Waals surface area contributed by atoms with E-state index >= 15 is 0 Å². The SMILES string of the molecule is Cc1nn(C)c(NCc2nc(-c3ccccc3)cs2)c1[N+](=O)[O-]. The lowest BCUT2D eigenvalue weighted by molar-refractivity contribution is -0.384. The molecule has 8 heteroatoms. The van der Waals surface area contributed by atoms with Crippen LogP contribution in [0.2, 0.25) is 0 Å². The van der Waals surface area contributed by atoms with E-state index in [-0.39, 0.29) is 5.69 Å². The minimum atomic E-state index is -0.415. The van der Waals surface area contributed by atoms with Gasteiger partial charge in [-0.1, -0.05) is 30.3 Å². The molecule has 0 aliphatic carbocycles. The third-order valence-corrected chi connectivity index (χ3v) is 4.25. The van der Waals surface area contributed by atoms with Gasteiger partial charge in [-0.05, 0) is 6.92 Å². The lowest BCUT2D eigenvalue weighted by Gasteiger charge is -2.03. The van der Waals surface area contributed by atoms with Gasteiger partial charge in [-0.25, -0.2) is 9.67 Å². The largest absolute Gasteiger partial charge is 0.358 e. The number of rotatable bonds is 5. The summed E-state index contributed by atoms with van der Waals surface area (Å²) < 4.78 is 1.49. The summed E-state index contributed by atoms with van der Waals surface area (Å²) in [6, 6.07) is 9.90. The van der Waals surface area contributed by atoms with Crippen molar-refractivity contribution in [1.82, 2.24) is 14.8 Å². The summed E-state index contributed by atoms with van der Waals surface area (Å²) in [7, 11) is 1.68. The van der Waals surface area contributed by atoms with Gasteiger partial charge in [0.2, 0.25) is 5.82 Å². The maximum Gasteiger partial charge on any atom is 0.333 e. The first kappa shape index (κ1) is 15.2. The Morgan fingerprint density at radius 3 is 2.78 bits per heavy atom. The van der Waals surface area contributed by atoms with Crippen molar-refractivity contribution in [2.24, 2.45) is 7.05 Å². The van der Waals surface area contributed by atoms with Gasteiger partial charge in [0, 0.05) is 18.0 Å². The summed E-state index contributed by atoms with van der Waals surface area (Å²) in [5.74, 6) is 0.393. The number of aryl methyl sites for hydroxylation is 2. The molecule has 0 saturated carbocycles. The molecule has 1 N–H and O–H groups in total. The van der Waals surface area contributed by atoms with Crippen LogP contribution in [0.25, 0.3) is 11.3 Å². The fourth-order valence-corrected chi connectivity index (χ4v) is 3.10. The fourth-order valence-electron chi connectivity index (χ4n) is 2.36. The van der Waals surface area contributed by atoms with Crippen LogP contribution in [0, 0.1) is 17.0 Å². The Morgan fingerprint density at radius 1 is 1.35 bits per heavy atom. The van der Waals surface area contributed by atoms with Gasteiger partial charge in [0.05, 0.1) is 17.2 Å². The lowest BCUT2D eigenvalue weighted by atomic mass is 10.2. The van der Waals surface area contributed by atoms with Crippen LogP contribution >= 0.6 is 11.3 Å². The van der Waals surface area contributed by atoms with E-state index in [0.29, 0.717) is 18.1 Å². The number of nitrogens with zero attached hydrogens (tertiary/aromatic N) is 4. The van der Waals surface area contributed by atoms with Crippen molar-refractivity contribution in [3.8, 4) is 11.3 Å². The molecule has 0 aliphatic rings. The van der Waals surface area contributed by atoms with E-state index in [0.717, 1.165) is 16.3 Å². The number of hydrogen-bond donors (Lipinski definition) is 1. The summed E-state index contributed by atoms with van der Waals surface area (Å²) in [6.45, 7) is 2.04. The zero-order chi connectivity index (χ0) is 16.4. The highest BCUT2D eigenvalue weighted by molar-refractivity contribution is 7.09. The number of nitro groups is 1. The van der Waals surface area contributed by atoms with Crippen molar-refractivity contribution in [1.29, 1.82) is 0 Å². The summed E-state index contributed by atoms with van der Waals surface area (Å²) in [6.07, 6.45) is 0. The van der Waals surface area contributed by atoms with Gasteiger partial charge in [0.15, 0.2) is 0 Å². The maximum atomic E-state index is 11.2. The average Bonchev–Trinajstić information content (AvgIpc) is 3.10. The van der Waals surface area contributed by atoms with E-state index in [1.165, 1.54) is 16.0 Å². The Bertz CT molecular complexity index is 841. The van der Waals surface area contributed by atoms with Crippen molar-refractivity contribution in [2.75, 3.05) is 5.32 Å². The number of anilines is 1. The van der Waals surface area contributed by atoms with Gasteiger partial charge < -0.3 is 5.32 Å². The van der Waals surface area contributed by atoms with Crippen LogP contribution in [-0.4, -0.2) is 19.7 Å². The van der Waals surface area contributed by atoms with Gasteiger partial charge in [0.1, 0.15) is 10.7 Å². The van der Waals surface area contributed by atoms with E-state index in [2.05, 4.69) is 15.4 Å². The Balaban J connectivity index is 1.78. The van der Waals surface area contributed by atoms with E-state index in [1.807, 2.05) is 35.7 Å². The highest BCUT2D eigenvalue weighted by atomic mass is 32.1. The molecule has 0 aliphatic heterocycles. The smallest absolute Gasteiger partial charge is 0.333 e. The van der Waals surface area contributed by atoms with Crippen LogP contribution in [-0.2, 0) is 13.6 Å². The van der Waals surface area contributed by atoms with Gasteiger partial charge in [-0.2, -0.15) is 5.10 Å². The predicted molar refractivity (Wildman–Crippen MR) is 89.5 cm³/mol. The van der Waals surface area contributed by atoms with Crippen molar-refractivity contribution in [3.63, 3.8) is 0 Å². The number of nitrogens with one attached hydrogen (secondary N) is 1. The normalized spacial score (nSPS) is 10.7. The number of benzene rings is 1. The van der Waals surface area contributed by atoms with Gasteiger partial charge in [0.25, 0.3) is 0 Å². The van der Waals surface area contributed by atoms with E-state index in [1.54, 1.807) is 14.0 Å². The zero-order valence-electron chi connectivity index (χ0n) is 12.7. The second kappa shape index (κ2) is 6.17. The summed E-state index contributed by atoms with van der Waals surface area (Å²) in [5.41, 5.74) is 2.36. The quantitative estimate of drug-likeness (QED) is 0.573. The van der Waals surface area contributed by atoms with Crippen molar-refractivity contribution >= 4 is 22.8 Å². The Morgan fingerprint density at radius 2 is 2.09 bits per heavy atom. The van der Waals surface area contributed by atoms with E-state index in [9.17, 15) is 10.1 Å². The zero-order valence-corrected chi connectivity index (χ0v) is 13.5. The number of aromatic nitrogens is 3. The molecule has 0 bridgehead atoms. The first-order chi connectivity index (χ1) is 11.1. The molecule has 0 fully saturated rings. The van der Waals surface area contributed by atoms with E-state index < -0.39 is 4.92 Å². The Hall–Kier alpha value is -2.74. The number of hydrogen-bond acceptors (Lipinski definition) is 6. The molecule has 3 aromatic rings. The first-order valence-corrected chi connectivity index (χ1v) is 7.86. The molecule has 1 aromatic carbocycles. The number of thiazole rings is 1. The maximum absolute atomic E-state index is 11.2. The molecule has 7 nitrogen and oxygen atoms in total. The first-order valence-electron chi connectivity index (χ1n) is 6.98. The highest BCUT2D eigenvalue weighted by Gasteiger charge is 2.23. The van der Waals surface area contributed by atoms with Crippen LogP contribution < -0.4 is 5.32 Å². The van der Waals surface area contributed by atoms with Gasteiger partial charge in [-0.15, -0.1) is 11.3 Å². The molecular formula is C15H15N5O2S. The molecule has 23 heavy (non-hydrogen) atoms. The van der Waals surface area contributed by atoms with Crippen LogP contribution in [0.15, 0.2) is 35.7 Å². The summed E-state index contributed by atoms with van der Waals surface area (Å²) in [4.78, 5) is 15.3. The van der Waals surface area contributed by atoms with Crippen LogP contribution in [0.5, 0.6) is 0 Å². The van der Waals surface area contributed by atoms with Crippen molar-refractivity contribution in [2.45, 2.75) is 13.5 Å². The third-order valence-electron chi connectivity index (χ3n) is 3.40. The molecule has 0 unspecified atom stereocenters. The minimum Gasteiger partial charge on any atom is -0.358 e. The summed E-state index contributed by atoms with van der Waals surface area (Å²) >= 11 is 1.52.